The number of hydrogen-bond donors (Lipinski definition) is 2. The molecule has 0 unspecified atom stereocenters. The first-order chi connectivity index (χ1) is 7.13. The quantitative estimate of drug-likeness (QED) is 0.777. The molecule has 1 atom stereocenters. The molecule has 1 heterocycles. The molecule has 1 rings (SSSR count). The summed E-state index contributed by atoms with van der Waals surface area (Å²) < 4.78 is 0. The molecule has 1 aromatic heterocycles. The van der Waals surface area contributed by atoms with Crippen molar-refractivity contribution >= 4 is 17.3 Å². The van der Waals surface area contributed by atoms with Gasteiger partial charge in [0.15, 0.2) is 0 Å². The Balaban J connectivity index is 2.40. The van der Waals surface area contributed by atoms with Gasteiger partial charge in [0.2, 0.25) is 0 Å². The Kier molecular flexibility index (Phi) is 4.71. The van der Waals surface area contributed by atoms with Gasteiger partial charge in [-0.3, -0.25) is 10.1 Å². The van der Waals surface area contributed by atoms with E-state index in [9.17, 15) is 4.79 Å². The maximum absolute atomic E-state index is 10.5. The summed E-state index contributed by atoms with van der Waals surface area (Å²) in [6, 6.07) is -0.527. The molecule has 0 fully saturated rings. The zero-order chi connectivity index (χ0) is 11.3. The Bertz CT molecular complexity index is 325. The molecule has 2 N–H and O–H groups in total. The lowest BCUT2D eigenvalue weighted by Gasteiger charge is -2.06. The molecule has 0 saturated carbocycles. The minimum absolute atomic E-state index is 0.522. The molecule has 0 aromatic carbocycles. The molecule has 15 heavy (non-hydrogen) atoms. The fourth-order valence-electron chi connectivity index (χ4n) is 1.10. The Morgan fingerprint density at radius 2 is 2.47 bits per heavy atom. The standard InChI is InChI=1S/C10H16N2O2S/c1-3-4-9-12-8(6-15-9)5-11-7(2)10(13)14/h6-7,11H,3-5H2,1-2H3,(H,13,14)/t7-/m0/s1. The number of aliphatic carboxylic acids is 1. The number of aryl methyl sites for hydroxylation is 1. The molecule has 5 heteroatoms. The van der Waals surface area contributed by atoms with Gasteiger partial charge in [-0.15, -0.1) is 11.3 Å². The number of thiazole rings is 1. The molecule has 4 nitrogen and oxygen atoms in total. The van der Waals surface area contributed by atoms with Crippen molar-refractivity contribution in [2.75, 3.05) is 0 Å². The van der Waals surface area contributed by atoms with E-state index in [1.165, 1.54) is 0 Å². The SMILES string of the molecule is CCCc1nc(CN[C@@H](C)C(=O)O)cs1. The Morgan fingerprint density at radius 1 is 1.73 bits per heavy atom. The largest absolute Gasteiger partial charge is 0.480 e. The molecule has 0 spiro atoms. The third-order valence-corrected chi connectivity index (χ3v) is 2.98. The number of hydrogen-bond acceptors (Lipinski definition) is 4. The van der Waals surface area contributed by atoms with Gasteiger partial charge in [0.25, 0.3) is 0 Å². The lowest BCUT2D eigenvalue weighted by atomic mass is 10.3. The summed E-state index contributed by atoms with van der Waals surface area (Å²) in [6.07, 6.45) is 2.09. The number of carbonyl (C=O) groups is 1. The van der Waals surface area contributed by atoms with Gasteiger partial charge < -0.3 is 5.11 Å². The zero-order valence-corrected chi connectivity index (χ0v) is 9.80. The molecule has 84 valence electrons. The average molecular weight is 228 g/mol. The summed E-state index contributed by atoms with van der Waals surface area (Å²) in [6.45, 7) is 4.27. The molecule has 0 saturated heterocycles. The van der Waals surface area contributed by atoms with E-state index in [0.29, 0.717) is 6.54 Å². The fourth-order valence-corrected chi connectivity index (χ4v) is 2.00. The van der Waals surface area contributed by atoms with Crippen LogP contribution in [0.4, 0.5) is 0 Å². The first kappa shape index (κ1) is 12.1. The number of nitrogens with one attached hydrogen (secondary N) is 1. The smallest absolute Gasteiger partial charge is 0.320 e. The van der Waals surface area contributed by atoms with Crippen LogP contribution in [0, 0.1) is 0 Å². The van der Waals surface area contributed by atoms with Crippen LogP contribution in [-0.2, 0) is 17.8 Å². The molecule has 1 aromatic rings. The van der Waals surface area contributed by atoms with Crippen LogP contribution >= 0.6 is 11.3 Å². The van der Waals surface area contributed by atoms with Gasteiger partial charge in [-0.1, -0.05) is 6.92 Å². The van der Waals surface area contributed by atoms with Crippen LogP contribution in [0.15, 0.2) is 5.38 Å². The van der Waals surface area contributed by atoms with Crippen molar-refractivity contribution < 1.29 is 9.90 Å². The lowest BCUT2D eigenvalue weighted by Crippen LogP contribution is -2.33. The Labute approximate surface area is 93.4 Å². The van der Waals surface area contributed by atoms with E-state index < -0.39 is 12.0 Å². The third-order valence-electron chi connectivity index (χ3n) is 2.02. The van der Waals surface area contributed by atoms with Crippen LogP contribution in [-0.4, -0.2) is 22.1 Å². The van der Waals surface area contributed by atoms with Crippen LogP contribution in [0.25, 0.3) is 0 Å². The molecule has 0 bridgehead atoms. The van der Waals surface area contributed by atoms with E-state index in [1.54, 1.807) is 18.3 Å². The summed E-state index contributed by atoms with van der Waals surface area (Å²) in [7, 11) is 0. The summed E-state index contributed by atoms with van der Waals surface area (Å²) in [5.74, 6) is -0.834. The van der Waals surface area contributed by atoms with Gasteiger partial charge in [-0.25, -0.2) is 4.98 Å². The van der Waals surface area contributed by atoms with Gasteiger partial charge in [0, 0.05) is 11.9 Å². The van der Waals surface area contributed by atoms with Gasteiger partial charge in [0.05, 0.1) is 10.7 Å². The van der Waals surface area contributed by atoms with Crippen LogP contribution in [0.5, 0.6) is 0 Å². The van der Waals surface area contributed by atoms with E-state index >= 15 is 0 Å². The van der Waals surface area contributed by atoms with E-state index in [2.05, 4.69) is 17.2 Å². The van der Waals surface area contributed by atoms with Crippen molar-refractivity contribution in [1.29, 1.82) is 0 Å². The molecule has 0 aliphatic heterocycles. The highest BCUT2D eigenvalue weighted by atomic mass is 32.1. The summed E-state index contributed by atoms with van der Waals surface area (Å²) in [5, 5.41) is 14.7. The van der Waals surface area contributed by atoms with Crippen molar-refractivity contribution in [2.24, 2.45) is 0 Å². The normalized spacial score (nSPS) is 12.7. The maximum atomic E-state index is 10.5. The van der Waals surface area contributed by atoms with Gasteiger partial charge >= 0.3 is 5.97 Å². The van der Waals surface area contributed by atoms with Gasteiger partial charge in [0.1, 0.15) is 6.04 Å². The average Bonchev–Trinajstić information content (AvgIpc) is 2.62. The summed E-state index contributed by atoms with van der Waals surface area (Å²) >= 11 is 1.64. The number of carboxylic acids is 1. The minimum Gasteiger partial charge on any atom is -0.480 e. The van der Waals surface area contributed by atoms with Crippen LogP contribution in [0.2, 0.25) is 0 Å². The number of carboxylic acid groups (broad SMARTS) is 1. The highest BCUT2D eigenvalue weighted by Crippen LogP contribution is 2.11. The summed E-state index contributed by atoms with van der Waals surface area (Å²) in [5.41, 5.74) is 0.927. The molecular formula is C10H16N2O2S. The number of aromatic nitrogens is 1. The minimum atomic E-state index is -0.834. The van der Waals surface area contributed by atoms with E-state index in [-0.39, 0.29) is 0 Å². The Morgan fingerprint density at radius 3 is 3.07 bits per heavy atom. The maximum Gasteiger partial charge on any atom is 0.320 e. The number of rotatable bonds is 6. The predicted molar refractivity (Wildman–Crippen MR) is 60.0 cm³/mol. The Hall–Kier alpha value is -0.940. The molecular weight excluding hydrogens is 212 g/mol. The first-order valence-electron chi connectivity index (χ1n) is 5.03. The van der Waals surface area contributed by atoms with Crippen LogP contribution in [0.1, 0.15) is 31.0 Å². The van der Waals surface area contributed by atoms with Gasteiger partial charge in [-0.2, -0.15) is 0 Å². The highest BCUT2D eigenvalue weighted by molar-refractivity contribution is 7.09. The highest BCUT2D eigenvalue weighted by Gasteiger charge is 2.10. The molecule has 0 aliphatic carbocycles. The first-order valence-corrected chi connectivity index (χ1v) is 5.91. The van der Waals surface area contributed by atoms with E-state index in [4.69, 9.17) is 5.11 Å². The molecule has 0 aliphatic rings. The van der Waals surface area contributed by atoms with E-state index in [1.807, 2.05) is 5.38 Å². The topological polar surface area (TPSA) is 62.2 Å². The number of nitrogens with zero attached hydrogens (tertiary/aromatic N) is 1. The zero-order valence-electron chi connectivity index (χ0n) is 8.99. The predicted octanol–water partition coefficient (Wildman–Crippen LogP) is 1.66. The second kappa shape index (κ2) is 5.82. The van der Waals surface area contributed by atoms with Crippen LogP contribution in [0.3, 0.4) is 0 Å². The van der Waals surface area contributed by atoms with Crippen molar-refractivity contribution in [3.05, 3.63) is 16.1 Å². The van der Waals surface area contributed by atoms with Crippen molar-refractivity contribution in [1.82, 2.24) is 10.3 Å². The summed E-state index contributed by atoms with van der Waals surface area (Å²) in [4.78, 5) is 14.9. The second-order valence-electron chi connectivity index (χ2n) is 3.42. The second-order valence-corrected chi connectivity index (χ2v) is 4.37. The van der Waals surface area contributed by atoms with E-state index in [0.717, 1.165) is 23.5 Å². The van der Waals surface area contributed by atoms with Crippen molar-refractivity contribution in [3.63, 3.8) is 0 Å². The van der Waals surface area contributed by atoms with Crippen LogP contribution < -0.4 is 5.32 Å². The fraction of sp³-hybridized carbons (Fsp3) is 0.600. The lowest BCUT2D eigenvalue weighted by molar-refractivity contribution is -0.139. The third kappa shape index (κ3) is 3.97. The van der Waals surface area contributed by atoms with Crippen molar-refractivity contribution in [3.8, 4) is 0 Å². The molecule has 0 amide bonds. The van der Waals surface area contributed by atoms with Crippen molar-refractivity contribution in [2.45, 2.75) is 39.3 Å². The molecule has 0 radical (unpaired) electrons. The van der Waals surface area contributed by atoms with Gasteiger partial charge in [-0.05, 0) is 19.8 Å². The monoisotopic (exact) mass is 228 g/mol.